The lowest BCUT2D eigenvalue weighted by atomic mass is 9.96. The van der Waals surface area contributed by atoms with Crippen LogP contribution in [0, 0.1) is 0 Å². The second-order valence-electron chi connectivity index (χ2n) is 7.71. The molecular weight excluding hydrogens is 452 g/mol. The zero-order valence-electron chi connectivity index (χ0n) is 18.6. The van der Waals surface area contributed by atoms with Crippen LogP contribution in [0.1, 0.15) is 37.5 Å². The van der Waals surface area contributed by atoms with E-state index in [4.69, 9.17) is 23.7 Å². The van der Waals surface area contributed by atoms with Crippen molar-refractivity contribution in [3.8, 4) is 23.0 Å². The van der Waals surface area contributed by atoms with E-state index in [9.17, 15) is 4.79 Å². The summed E-state index contributed by atoms with van der Waals surface area (Å²) in [5.74, 6) is 2.12. The summed E-state index contributed by atoms with van der Waals surface area (Å²) in [6.07, 6.45) is 0.664. The van der Waals surface area contributed by atoms with Gasteiger partial charge < -0.3 is 23.7 Å². The van der Waals surface area contributed by atoms with Crippen molar-refractivity contribution in [2.45, 2.75) is 39.2 Å². The number of carbonyl (C=O) groups excluding carboxylic acids is 1. The molecule has 0 spiro atoms. The van der Waals surface area contributed by atoms with E-state index in [1.54, 1.807) is 28.4 Å². The number of halogens is 1. The first-order chi connectivity index (χ1) is 14.1. The summed E-state index contributed by atoms with van der Waals surface area (Å²) in [5.41, 5.74) is 2.15. The Morgan fingerprint density at radius 3 is 1.67 bits per heavy atom. The Labute approximate surface area is 186 Å². The number of methoxy groups -OCH3 is 4. The SMILES string of the molecule is COc1cc(Br)c(Cc2cc(OC)c(OC)cc2CC(=O)OC(C)(C)C)cc1OC. The minimum atomic E-state index is -0.555. The largest absolute Gasteiger partial charge is 0.493 e. The molecule has 0 N–H and O–H groups in total. The molecule has 0 heterocycles. The zero-order chi connectivity index (χ0) is 22.5. The topological polar surface area (TPSA) is 63.2 Å². The average Bonchev–Trinajstić information content (AvgIpc) is 2.68. The Balaban J connectivity index is 2.48. The fourth-order valence-corrected chi connectivity index (χ4v) is 3.52. The number of hydrogen-bond acceptors (Lipinski definition) is 6. The number of benzene rings is 2. The third-order valence-corrected chi connectivity index (χ3v) is 5.13. The first-order valence-electron chi connectivity index (χ1n) is 9.47. The number of esters is 1. The van der Waals surface area contributed by atoms with Crippen LogP contribution in [0.4, 0.5) is 0 Å². The normalized spacial score (nSPS) is 11.1. The smallest absolute Gasteiger partial charge is 0.310 e. The van der Waals surface area contributed by atoms with Gasteiger partial charge in [-0.1, -0.05) is 15.9 Å². The molecule has 0 aliphatic heterocycles. The Morgan fingerprint density at radius 1 is 0.767 bits per heavy atom. The minimum absolute atomic E-state index is 0.123. The molecule has 2 rings (SSSR count). The first kappa shape index (κ1) is 23.9. The lowest BCUT2D eigenvalue weighted by Gasteiger charge is -2.21. The molecule has 164 valence electrons. The fourth-order valence-electron chi connectivity index (χ4n) is 3.06. The quantitative estimate of drug-likeness (QED) is 0.497. The van der Waals surface area contributed by atoms with Crippen LogP contribution in [0.2, 0.25) is 0 Å². The van der Waals surface area contributed by atoms with E-state index in [0.717, 1.165) is 21.2 Å². The van der Waals surface area contributed by atoms with Crippen LogP contribution in [-0.2, 0) is 22.4 Å². The second-order valence-corrected chi connectivity index (χ2v) is 8.57. The summed E-state index contributed by atoms with van der Waals surface area (Å²) >= 11 is 3.60. The van der Waals surface area contributed by atoms with Gasteiger partial charge in [0.2, 0.25) is 0 Å². The molecule has 6 nitrogen and oxygen atoms in total. The molecule has 7 heteroatoms. The van der Waals surface area contributed by atoms with Crippen LogP contribution in [0.3, 0.4) is 0 Å². The Morgan fingerprint density at radius 2 is 1.20 bits per heavy atom. The van der Waals surface area contributed by atoms with E-state index >= 15 is 0 Å². The third kappa shape index (κ3) is 6.05. The lowest BCUT2D eigenvalue weighted by molar-refractivity contribution is -0.153. The second kappa shape index (κ2) is 10.1. The number of ether oxygens (including phenoxy) is 5. The van der Waals surface area contributed by atoms with E-state index in [0.29, 0.717) is 29.4 Å². The highest BCUT2D eigenvalue weighted by Crippen LogP contribution is 2.37. The molecule has 0 atom stereocenters. The highest BCUT2D eigenvalue weighted by molar-refractivity contribution is 9.10. The van der Waals surface area contributed by atoms with Gasteiger partial charge in [0.1, 0.15) is 5.60 Å². The Hall–Kier alpha value is -2.41. The van der Waals surface area contributed by atoms with Crippen molar-refractivity contribution in [2.75, 3.05) is 28.4 Å². The maximum Gasteiger partial charge on any atom is 0.310 e. The highest BCUT2D eigenvalue weighted by Gasteiger charge is 2.20. The summed E-state index contributed by atoms with van der Waals surface area (Å²) in [5, 5.41) is 0. The van der Waals surface area contributed by atoms with Gasteiger partial charge in [0.15, 0.2) is 23.0 Å². The molecule has 0 saturated carbocycles. The van der Waals surface area contributed by atoms with Crippen LogP contribution in [-0.4, -0.2) is 40.0 Å². The first-order valence-corrected chi connectivity index (χ1v) is 10.3. The van der Waals surface area contributed by atoms with Gasteiger partial charge in [0, 0.05) is 4.47 Å². The number of hydrogen-bond donors (Lipinski definition) is 0. The van der Waals surface area contributed by atoms with Crippen molar-refractivity contribution in [1.82, 2.24) is 0 Å². The van der Waals surface area contributed by atoms with E-state index in [1.165, 1.54) is 0 Å². The molecule has 30 heavy (non-hydrogen) atoms. The Kier molecular flexibility index (Phi) is 8.01. The van der Waals surface area contributed by atoms with Gasteiger partial charge in [0.05, 0.1) is 34.9 Å². The van der Waals surface area contributed by atoms with Crippen LogP contribution < -0.4 is 18.9 Å². The molecule has 0 saturated heterocycles. The summed E-state index contributed by atoms with van der Waals surface area (Å²) in [4.78, 5) is 12.5. The van der Waals surface area contributed by atoms with Gasteiger partial charge in [-0.2, -0.15) is 0 Å². The fraction of sp³-hybridized carbons (Fsp3) is 0.435. The van der Waals surface area contributed by atoms with E-state index in [2.05, 4.69) is 15.9 Å². The van der Waals surface area contributed by atoms with Crippen molar-refractivity contribution in [1.29, 1.82) is 0 Å². The lowest BCUT2D eigenvalue weighted by Crippen LogP contribution is -2.25. The minimum Gasteiger partial charge on any atom is -0.493 e. The summed E-state index contributed by atoms with van der Waals surface area (Å²) in [6, 6.07) is 7.49. The summed E-state index contributed by atoms with van der Waals surface area (Å²) < 4.78 is 28.1. The maximum atomic E-state index is 12.5. The van der Waals surface area contributed by atoms with Gasteiger partial charge in [0.25, 0.3) is 0 Å². The van der Waals surface area contributed by atoms with Gasteiger partial charge >= 0.3 is 5.97 Å². The predicted molar refractivity (Wildman–Crippen MR) is 119 cm³/mol. The van der Waals surface area contributed by atoms with Crippen LogP contribution in [0.25, 0.3) is 0 Å². The van der Waals surface area contributed by atoms with Gasteiger partial charge in [-0.3, -0.25) is 4.79 Å². The molecule has 2 aromatic carbocycles. The molecule has 0 aliphatic carbocycles. The van der Waals surface area contributed by atoms with Crippen LogP contribution in [0.15, 0.2) is 28.7 Å². The molecule has 0 aliphatic rings. The molecule has 0 radical (unpaired) electrons. The van der Waals surface area contributed by atoms with Crippen molar-refractivity contribution >= 4 is 21.9 Å². The number of rotatable bonds is 8. The van der Waals surface area contributed by atoms with Gasteiger partial charge in [-0.25, -0.2) is 0 Å². The molecule has 0 bridgehead atoms. The number of carbonyl (C=O) groups is 1. The van der Waals surface area contributed by atoms with Gasteiger partial charge in [-0.05, 0) is 68.1 Å². The standard InChI is InChI=1S/C23H29BrO6/c1-23(2,3)30-22(25)12-15-10-19(27-5)18(26-4)9-14(15)8-16-11-20(28-6)21(29-7)13-17(16)24/h9-11,13H,8,12H2,1-7H3. The van der Waals surface area contributed by atoms with Crippen LogP contribution in [0.5, 0.6) is 23.0 Å². The zero-order valence-corrected chi connectivity index (χ0v) is 20.1. The van der Waals surface area contributed by atoms with Crippen molar-refractivity contribution < 1.29 is 28.5 Å². The third-order valence-electron chi connectivity index (χ3n) is 4.39. The van der Waals surface area contributed by atoms with E-state index in [-0.39, 0.29) is 12.4 Å². The monoisotopic (exact) mass is 480 g/mol. The molecule has 0 fully saturated rings. The highest BCUT2D eigenvalue weighted by atomic mass is 79.9. The predicted octanol–water partition coefficient (Wildman–Crippen LogP) is 4.96. The van der Waals surface area contributed by atoms with Crippen molar-refractivity contribution in [2.24, 2.45) is 0 Å². The summed E-state index contributed by atoms with van der Waals surface area (Å²) in [6.45, 7) is 5.55. The molecule has 0 unspecified atom stereocenters. The van der Waals surface area contributed by atoms with Crippen molar-refractivity contribution in [3.05, 3.63) is 45.4 Å². The van der Waals surface area contributed by atoms with Gasteiger partial charge in [-0.15, -0.1) is 0 Å². The molecule has 2 aromatic rings. The Bertz CT molecular complexity index is 902. The molecular formula is C23H29BrO6. The average molecular weight is 481 g/mol. The molecule has 0 aromatic heterocycles. The van der Waals surface area contributed by atoms with E-state index < -0.39 is 5.60 Å². The maximum absolute atomic E-state index is 12.5. The molecule has 0 amide bonds. The van der Waals surface area contributed by atoms with Crippen LogP contribution >= 0.6 is 15.9 Å². The van der Waals surface area contributed by atoms with E-state index in [1.807, 2.05) is 45.0 Å². The van der Waals surface area contributed by atoms with Crippen molar-refractivity contribution in [3.63, 3.8) is 0 Å². The summed E-state index contributed by atoms with van der Waals surface area (Å²) in [7, 11) is 6.35.